The summed E-state index contributed by atoms with van der Waals surface area (Å²) in [6, 6.07) is 7.92. The fourth-order valence-electron chi connectivity index (χ4n) is 4.24. The van der Waals surface area contributed by atoms with Crippen LogP contribution >= 0.6 is 0 Å². The van der Waals surface area contributed by atoms with E-state index in [0.717, 1.165) is 43.1 Å². The van der Waals surface area contributed by atoms with Crippen LogP contribution in [0.1, 0.15) is 16.8 Å². The molecule has 0 N–H and O–H groups in total. The molecule has 4 heterocycles. The molecule has 28 heavy (non-hydrogen) atoms. The maximum atomic E-state index is 14.8. The predicted octanol–water partition coefficient (Wildman–Crippen LogP) is 3.09. The number of rotatable bonds is 3. The van der Waals surface area contributed by atoms with E-state index in [4.69, 9.17) is 10.00 Å². The van der Waals surface area contributed by atoms with Crippen LogP contribution in [-0.2, 0) is 11.2 Å². The van der Waals surface area contributed by atoms with Crippen molar-refractivity contribution >= 4 is 5.65 Å². The summed E-state index contributed by atoms with van der Waals surface area (Å²) in [6.07, 6.45) is 2.62. The number of nitriles is 1. The van der Waals surface area contributed by atoms with Gasteiger partial charge in [-0.1, -0.05) is 0 Å². The highest BCUT2D eigenvalue weighted by Crippen LogP contribution is 2.35. The molecule has 1 unspecified atom stereocenters. The number of ether oxygens (including phenoxy) is 1. The number of fused-ring (bicyclic) bond motifs is 3. The Morgan fingerprint density at radius 3 is 2.71 bits per heavy atom. The summed E-state index contributed by atoms with van der Waals surface area (Å²) in [7, 11) is 0. The van der Waals surface area contributed by atoms with Crippen molar-refractivity contribution in [2.24, 2.45) is 0 Å². The van der Waals surface area contributed by atoms with Gasteiger partial charge in [-0.3, -0.25) is 4.90 Å². The third kappa shape index (κ3) is 2.60. The Balaban J connectivity index is 1.67. The molecule has 7 heteroatoms. The summed E-state index contributed by atoms with van der Waals surface area (Å²) in [6.45, 7) is 4.44. The van der Waals surface area contributed by atoms with E-state index in [0.29, 0.717) is 12.1 Å². The van der Waals surface area contributed by atoms with E-state index in [2.05, 4.69) is 9.88 Å². The molecule has 5 rings (SSSR count). The smallest absolute Gasteiger partial charge is 0.137 e. The highest BCUT2D eigenvalue weighted by Gasteiger charge is 2.43. The molecule has 0 aliphatic carbocycles. The van der Waals surface area contributed by atoms with Crippen molar-refractivity contribution in [3.63, 3.8) is 0 Å². The van der Waals surface area contributed by atoms with Crippen molar-refractivity contribution in [2.45, 2.75) is 25.5 Å². The van der Waals surface area contributed by atoms with Gasteiger partial charge < -0.3 is 9.14 Å². The molecule has 2 aliphatic rings. The monoisotopic (exact) mass is 380 g/mol. The average molecular weight is 380 g/mol. The summed E-state index contributed by atoms with van der Waals surface area (Å²) >= 11 is 0. The molecule has 2 bridgehead atoms. The number of imidazole rings is 1. The molecular formula is C21H18F2N4O. The van der Waals surface area contributed by atoms with Crippen molar-refractivity contribution in [1.29, 1.82) is 5.26 Å². The lowest BCUT2D eigenvalue weighted by molar-refractivity contribution is -0.159. The number of aryl methyl sites for hydroxylation is 1. The highest BCUT2D eigenvalue weighted by molar-refractivity contribution is 5.69. The van der Waals surface area contributed by atoms with Crippen molar-refractivity contribution in [1.82, 2.24) is 14.3 Å². The molecule has 0 saturated carbocycles. The fraction of sp³-hybridized carbons (Fsp3) is 0.333. The zero-order chi connectivity index (χ0) is 19.4. The quantitative estimate of drug-likeness (QED) is 0.701. The molecule has 142 valence electrons. The third-order valence-corrected chi connectivity index (χ3v) is 5.71. The van der Waals surface area contributed by atoms with Crippen LogP contribution in [0.4, 0.5) is 8.78 Å². The van der Waals surface area contributed by atoms with Gasteiger partial charge in [0.05, 0.1) is 41.3 Å². The molecule has 0 radical (unpaired) electrons. The minimum absolute atomic E-state index is 0.0482. The van der Waals surface area contributed by atoms with E-state index in [9.17, 15) is 8.78 Å². The Morgan fingerprint density at radius 1 is 1.29 bits per heavy atom. The van der Waals surface area contributed by atoms with Crippen molar-refractivity contribution in [2.75, 3.05) is 19.7 Å². The van der Waals surface area contributed by atoms with Crippen LogP contribution in [0.15, 0.2) is 30.5 Å². The van der Waals surface area contributed by atoms with Crippen LogP contribution in [0.25, 0.3) is 16.9 Å². The second kappa shape index (κ2) is 6.36. The van der Waals surface area contributed by atoms with E-state index in [1.165, 1.54) is 0 Å². The molecule has 5 nitrogen and oxygen atoms in total. The topological polar surface area (TPSA) is 53.6 Å². The van der Waals surface area contributed by atoms with E-state index in [1.807, 2.05) is 29.7 Å². The van der Waals surface area contributed by atoms with Gasteiger partial charge in [-0.25, -0.2) is 13.8 Å². The second-order valence-corrected chi connectivity index (χ2v) is 7.44. The van der Waals surface area contributed by atoms with Gasteiger partial charge in [-0.15, -0.1) is 0 Å². The van der Waals surface area contributed by atoms with Crippen LogP contribution in [0.2, 0.25) is 0 Å². The number of benzene rings is 1. The van der Waals surface area contributed by atoms with Crippen LogP contribution in [0.3, 0.4) is 0 Å². The molecule has 0 spiro atoms. The van der Waals surface area contributed by atoms with E-state index in [1.54, 1.807) is 6.07 Å². The first-order valence-electron chi connectivity index (χ1n) is 9.28. The lowest BCUT2D eigenvalue weighted by Crippen LogP contribution is -2.66. The summed E-state index contributed by atoms with van der Waals surface area (Å²) < 4.78 is 37.2. The zero-order valence-electron chi connectivity index (χ0n) is 15.3. The van der Waals surface area contributed by atoms with Gasteiger partial charge in [-0.2, -0.15) is 5.26 Å². The van der Waals surface area contributed by atoms with Gasteiger partial charge in [-0.05, 0) is 36.8 Å². The fourth-order valence-corrected chi connectivity index (χ4v) is 4.24. The standard InChI is InChI=1S/C21H18F2N4O/c1-12-2-3-27-17(9-16-18-11-26(16)4-5-28-18)21(25-19(27)6-12)20-14(22)7-13(10-24)8-15(20)23/h2-3,6-8,16,18H,4-5,9,11H2,1H3/t16-,18-/m0/s1. The van der Waals surface area contributed by atoms with Gasteiger partial charge in [0, 0.05) is 31.7 Å². The Labute approximate surface area is 160 Å². The Morgan fingerprint density at radius 2 is 2.07 bits per heavy atom. The number of aromatic nitrogens is 2. The lowest BCUT2D eigenvalue weighted by atomic mass is 9.91. The molecular weight excluding hydrogens is 362 g/mol. The van der Waals surface area contributed by atoms with Gasteiger partial charge in [0.2, 0.25) is 0 Å². The van der Waals surface area contributed by atoms with E-state index < -0.39 is 11.6 Å². The van der Waals surface area contributed by atoms with Crippen LogP contribution in [-0.4, -0.2) is 46.1 Å². The van der Waals surface area contributed by atoms with Gasteiger partial charge in [0.1, 0.15) is 17.3 Å². The molecule has 3 aromatic rings. The lowest BCUT2D eigenvalue weighted by Gasteiger charge is -2.52. The first-order chi connectivity index (χ1) is 13.5. The van der Waals surface area contributed by atoms with E-state index in [-0.39, 0.29) is 29.0 Å². The molecule has 2 aromatic heterocycles. The summed E-state index contributed by atoms with van der Waals surface area (Å²) in [4.78, 5) is 6.90. The molecule has 3 atom stereocenters. The van der Waals surface area contributed by atoms with Gasteiger partial charge >= 0.3 is 0 Å². The summed E-state index contributed by atoms with van der Waals surface area (Å²) in [5, 5.41) is 8.98. The Hall–Kier alpha value is -2.82. The summed E-state index contributed by atoms with van der Waals surface area (Å²) in [5.41, 5.74) is 2.47. The Kier molecular flexibility index (Phi) is 3.93. The van der Waals surface area contributed by atoms with Crippen molar-refractivity contribution in [3.8, 4) is 17.3 Å². The van der Waals surface area contributed by atoms with Gasteiger partial charge in [0.25, 0.3) is 0 Å². The Bertz CT molecular complexity index is 1100. The maximum absolute atomic E-state index is 14.8. The molecule has 0 amide bonds. The van der Waals surface area contributed by atoms with Crippen LogP contribution < -0.4 is 0 Å². The number of halogens is 2. The number of morpholine rings is 2. The normalized spacial score (nSPS) is 23.4. The minimum Gasteiger partial charge on any atom is -0.374 e. The van der Waals surface area contributed by atoms with Crippen LogP contribution in [0, 0.1) is 29.9 Å². The molecule has 1 aromatic carbocycles. The van der Waals surface area contributed by atoms with Crippen molar-refractivity contribution in [3.05, 3.63) is 58.9 Å². The average Bonchev–Trinajstić information content (AvgIpc) is 3.02. The second-order valence-electron chi connectivity index (χ2n) is 7.44. The first-order valence-corrected chi connectivity index (χ1v) is 9.28. The number of hydrogen-bond donors (Lipinski definition) is 0. The number of pyridine rings is 1. The highest BCUT2D eigenvalue weighted by atomic mass is 19.1. The third-order valence-electron chi connectivity index (χ3n) is 5.71. The summed E-state index contributed by atoms with van der Waals surface area (Å²) in [5.74, 6) is -1.55. The predicted molar refractivity (Wildman–Crippen MR) is 98.8 cm³/mol. The maximum Gasteiger partial charge on any atom is 0.137 e. The zero-order valence-corrected chi connectivity index (χ0v) is 15.3. The van der Waals surface area contributed by atoms with Gasteiger partial charge in [0.15, 0.2) is 0 Å². The van der Waals surface area contributed by atoms with Crippen molar-refractivity contribution < 1.29 is 13.5 Å². The number of nitrogens with zero attached hydrogens (tertiary/aromatic N) is 4. The minimum atomic E-state index is -0.775. The molecule has 2 saturated heterocycles. The van der Waals surface area contributed by atoms with E-state index >= 15 is 0 Å². The number of hydrogen-bond acceptors (Lipinski definition) is 4. The first kappa shape index (κ1) is 17.3. The largest absolute Gasteiger partial charge is 0.374 e. The molecule has 2 fully saturated rings. The van der Waals surface area contributed by atoms with Crippen LogP contribution in [0.5, 0.6) is 0 Å². The SMILES string of the molecule is Cc1ccn2c(C[C@H]3[C@@H]4CN3CCO4)c(-c3c(F)cc(C#N)cc3F)nc2c1. The molecule has 2 aliphatic heterocycles.